The van der Waals surface area contributed by atoms with Gasteiger partial charge < -0.3 is 9.94 Å². The second-order valence-electron chi connectivity index (χ2n) is 7.18. The summed E-state index contributed by atoms with van der Waals surface area (Å²) in [4.78, 5) is 49.5. The van der Waals surface area contributed by atoms with Crippen molar-refractivity contribution in [1.29, 1.82) is 0 Å². The van der Waals surface area contributed by atoms with Crippen molar-refractivity contribution in [1.82, 2.24) is 5.06 Å². The zero-order valence-electron chi connectivity index (χ0n) is 16.2. The van der Waals surface area contributed by atoms with Crippen LogP contribution in [0.3, 0.4) is 0 Å². The quantitative estimate of drug-likeness (QED) is 0.317. The highest BCUT2D eigenvalue weighted by atomic mass is 16.7. The van der Waals surface area contributed by atoms with Crippen LogP contribution in [-0.4, -0.2) is 33.9 Å². The van der Waals surface area contributed by atoms with Gasteiger partial charge in [0.1, 0.15) is 0 Å². The third kappa shape index (κ3) is 11.4. The van der Waals surface area contributed by atoms with Crippen LogP contribution in [0.15, 0.2) is 0 Å². The summed E-state index contributed by atoms with van der Waals surface area (Å²) in [6.45, 7) is 0. The molecule has 1 saturated heterocycles. The Hall–Kier alpha value is -1.92. The van der Waals surface area contributed by atoms with Gasteiger partial charge in [0, 0.05) is 25.7 Å². The van der Waals surface area contributed by atoms with E-state index in [-0.39, 0.29) is 25.7 Å². The number of hydrogen-bond acceptors (Lipinski definition) is 5. The van der Waals surface area contributed by atoms with Crippen LogP contribution in [0.4, 0.5) is 0 Å². The molecule has 154 valence electrons. The fourth-order valence-electron chi connectivity index (χ4n) is 3.12. The van der Waals surface area contributed by atoms with Gasteiger partial charge in [-0.25, -0.2) is 4.79 Å². The summed E-state index contributed by atoms with van der Waals surface area (Å²) in [5.41, 5.74) is 0. The van der Waals surface area contributed by atoms with Crippen molar-refractivity contribution in [3.8, 4) is 0 Å². The monoisotopic (exact) mass is 383 g/mol. The molecule has 0 aliphatic carbocycles. The maximum absolute atomic E-state index is 11.6. The minimum atomic E-state index is -0.705. The SMILES string of the molecule is O=C(O)CCCCCCCCCCCCCCC(=O)ON1C(=O)CCC1=O. The summed E-state index contributed by atoms with van der Waals surface area (Å²) in [5, 5.41) is 9.15. The number of unbranched alkanes of at least 4 members (excludes halogenated alkanes) is 11. The maximum Gasteiger partial charge on any atom is 0.333 e. The number of carboxylic acid groups (broad SMARTS) is 1. The van der Waals surface area contributed by atoms with Gasteiger partial charge in [-0.2, -0.15) is 0 Å². The molecule has 0 aromatic heterocycles. The van der Waals surface area contributed by atoms with Crippen molar-refractivity contribution in [3.05, 3.63) is 0 Å². The van der Waals surface area contributed by atoms with Gasteiger partial charge in [0.15, 0.2) is 0 Å². The van der Waals surface area contributed by atoms with Gasteiger partial charge in [0.05, 0.1) is 0 Å². The molecule has 2 amide bonds. The molecular weight excluding hydrogens is 350 g/mol. The van der Waals surface area contributed by atoms with E-state index in [1.54, 1.807) is 0 Å². The second-order valence-corrected chi connectivity index (χ2v) is 7.18. The number of carboxylic acids is 1. The molecule has 27 heavy (non-hydrogen) atoms. The molecule has 0 bridgehead atoms. The van der Waals surface area contributed by atoms with Gasteiger partial charge in [-0.3, -0.25) is 14.4 Å². The summed E-state index contributed by atoms with van der Waals surface area (Å²) in [6.07, 6.45) is 13.6. The van der Waals surface area contributed by atoms with Crippen LogP contribution in [0.25, 0.3) is 0 Å². The van der Waals surface area contributed by atoms with Gasteiger partial charge in [0.25, 0.3) is 11.8 Å². The number of imide groups is 1. The number of carbonyl (C=O) groups excluding carboxylic acids is 3. The predicted octanol–water partition coefficient (Wildman–Crippen LogP) is 4.14. The number of rotatable bonds is 16. The first kappa shape index (κ1) is 23.1. The molecule has 0 unspecified atom stereocenters. The number of hydroxylamine groups is 2. The van der Waals surface area contributed by atoms with Crippen LogP contribution in [0, 0.1) is 0 Å². The zero-order valence-corrected chi connectivity index (χ0v) is 16.2. The molecule has 0 spiro atoms. The van der Waals surface area contributed by atoms with Gasteiger partial charge >= 0.3 is 11.9 Å². The zero-order chi connectivity index (χ0) is 19.9. The van der Waals surface area contributed by atoms with E-state index in [1.807, 2.05) is 0 Å². The number of amides is 2. The van der Waals surface area contributed by atoms with Crippen LogP contribution in [0.1, 0.15) is 103 Å². The van der Waals surface area contributed by atoms with Gasteiger partial charge in [0.2, 0.25) is 0 Å². The van der Waals surface area contributed by atoms with E-state index in [9.17, 15) is 19.2 Å². The summed E-state index contributed by atoms with van der Waals surface area (Å²) < 4.78 is 0. The van der Waals surface area contributed by atoms with Crippen molar-refractivity contribution in [2.24, 2.45) is 0 Å². The first-order valence-corrected chi connectivity index (χ1v) is 10.3. The lowest BCUT2D eigenvalue weighted by Crippen LogP contribution is -2.31. The van der Waals surface area contributed by atoms with Crippen LogP contribution < -0.4 is 0 Å². The molecule has 0 aromatic carbocycles. The van der Waals surface area contributed by atoms with Crippen LogP contribution in [0.2, 0.25) is 0 Å². The Morgan fingerprint density at radius 3 is 1.48 bits per heavy atom. The molecule has 0 saturated carbocycles. The highest BCUT2D eigenvalue weighted by Crippen LogP contribution is 2.15. The molecule has 1 fully saturated rings. The van der Waals surface area contributed by atoms with E-state index in [4.69, 9.17) is 9.94 Å². The third-order valence-corrected chi connectivity index (χ3v) is 4.72. The standard InChI is InChI=1S/C20H33NO6/c22-17-15-16-18(23)21(17)27-20(26)14-12-10-8-6-4-2-1-3-5-7-9-11-13-19(24)25/h1-16H2,(H,24,25). The van der Waals surface area contributed by atoms with Crippen LogP contribution in [0.5, 0.6) is 0 Å². The summed E-state index contributed by atoms with van der Waals surface area (Å²) in [7, 11) is 0. The molecule has 7 nitrogen and oxygen atoms in total. The maximum atomic E-state index is 11.6. The van der Waals surface area contributed by atoms with Crippen molar-refractivity contribution in [3.63, 3.8) is 0 Å². The van der Waals surface area contributed by atoms with Crippen molar-refractivity contribution in [2.45, 2.75) is 103 Å². The normalized spacial score (nSPS) is 14.0. The average molecular weight is 383 g/mol. The van der Waals surface area contributed by atoms with Gasteiger partial charge in [-0.15, -0.1) is 5.06 Å². The van der Waals surface area contributed by atoms with Crippen molar-refractivity contribution < 1.29 is 29.1 Å². The Bertz CT molecular complexity index is 475. The first-order chi connectivity index (χ1) is 13.0. The lowest BCUT2D eigenvalue weighted by molar-refractivity contribution is -0.197. The van der Waals surface area contributed by atoms with E-state index in [1.165, 1.54) is 32.1 Å². The number of nitrogens with zero attached hydrogens (tertiary/aromatic N) is 1. The largest absolute Gasteiger partial charge is 0.481 e. The molecule has 1 N–H and O–H groups in total. The highest BCUT2D eigenvalue weighted by molar-refractivity contribution is 6.01. The van der Waals surface area contributed by atoms with Crippen LogP contribution >= 0.6 is 0 Å². The van der Waals surface area contributed by atoms with Gasteiger partial charge in [-0.1, -0.05) is 64.2 Å². The molecular formula is C20H33NO6. The fraction of sp³-hybridized carbons (Fsp3) is 0.800. The number of carbonyl (C=O) groups is 4. The van der Waals surface area contributed by atoms with E-state index in [2.05, 4.69) is 0 Å². The molecule has 0 atom stereocenters. The number of aliphatic carboxylic acids is 1. The van der Waals surface area contributed by atoms with Crippen molar-refractivity contribution in [2.75, 3.05) is 0 Å². The Labute approximate surface area is 161 Å². The highest BCUT2D eigenvalue weighted by Gasteiger charge is 2.32. The predicted molar refractivity (Wildman–Crippen MR) is 99.5 cm³/mol. The fourth-order valence-corrected chi connectivity index (χ4v) is 3.12. The Kier molecular flexibility index (Phi) is 12.1. The van der Waals surface area contributed by atoms with E-state index in [0.29, 0.717) is 11.5 Å². The smallest absolute Gasteiger partial charge is 0.333 e. The van der Waals surface area contributed by atoms with E-state index >= 15 is 0 Å². The van der Waals surface area contributed by atoms with Crippen LogP contribution in [-0.2, 0) is 24.0 Å². The van der Waals surface area contributed by atoms with E-state index in [0.717, 1.165) is 38.5 Å². The molecule has 1 aliphatic heterocycles. The van der Waals surface area contributed by atoms with E-state index < -0.39 is 23.8 Å². The molecule has 0 aromatic rings. The second kappa shape index (κ2) is 14.2. The molecule has 1 rings (SSSR count). The average Bonchev–Trinajstić information content (AvgIpc) is 2.93. The lowest BCUT2D eigenvalue weighted by atomic mass is 10.0. The first-order valence-electron chi connectivity index (χ1n) is 10.3. The Morgan fingerprint density at radius 2 is 1.07 bits per heavy atom. The third-order valence-electron chi connectivity index (χ3n) is 4.72. The Balaban J connectivity index is 1.82. The summed E-state index contributed by atoms with van der Waals surface area (Å²) in [6, 6.07) is 0. The number of hydrogen-bond donors (Lipinski definition) is 1. The summed E-state index contributed by atoms with van der Waals surface area (Å²) in [5.74, 6) is -2.09. The van der Waals surface area contributed by atoms with Gasteiger partial charge in [-0.05, 0) is 12.8 Å². The molecule has 0 radical (unpaired) electrons. The molecule has 7 heteroatoms. The molecule has 1 heterocycles. The lowest BCUT2D eigenvalue weighted by Gasteiger charge is -2.12. The minimum absolute atomic E-state index is 0.122. The minimum Gasteiger partial charge on any atom is -0.481 e. The Morgan fingerprint density at radius 1 is 0.704 bits per heavy atom. The summed E-state index contributed by atoms with van der Waals surface area (Å²) >= 11 is 0. The van der Waals surface area contributed by atoms with Crippen molar-refractivity contribution >= 4 is 23.8 Å². The molecule has 1 aliphatic rings. The topological polar surface area (TPSA) is 101 Å².